The zero-order chi connectivity index (χ0) is 16.7. The summed E-state index contributed by atoms with van der Waals surface area (Å²) in [7, 11) is 1.67. The van der Waals surface area contributed by atoms with Gasteiger partial charge in [-0.3, -0.25) is 0 Å². The standard InChI is InChI=1S/C19H24N2OS/c1-4-14(2)15-9-11-17(12-10-15)21-19(23)20-13-16-7-5-6-8-18(16)22-3/h5-12,14H,4,13H2,1-3H3,(H2,20,21,23)/t14-/m1/s1. The fourth-order valence-electron chi connectivity index (χ4n) is 2.33. The third kappa shape index (κ3) is 4.96. The van der Waals surface area contributed by atoms with Gasteiger partial charge < -0.3 is 15.4 Å². The van der Waals surface area contributed by atoms with E-state index in [0.717, 1.165) is 23.4 Å². The Kier molecular flexibility index (Phi) is 6.41. The van der Waals surface area contributed by atoms with Gasteiger partial charge in [-0.15, -0.1) is 0 Å². The van der Waals surface area contributed by atoms with E-state index in [1.54, 1.807) is 7.11 Å². The molecule has 0 saturated carbocycles. The van der Waals surface area contributed by atoms with Crippen LogP contribution in [-0.2, 0) is 6.54 Å². The van der Waals surface area contributed by atoms with Crippen LogP contribution in [0.2, 0.25) is 0 Å². The molecule has 2 aromatic carbocycles. The number of nitrogens with one attached hydrogen (secondary N) is 2. The lowest BCUT2D eigenvalue weighted by Crippen LogP contribution is -2.28. The molecule has 122 valence electrons. The van der Waals surface area contributed by atoms with Crippen molar-refractivity contribution in [2.24, 2.45) is 0 Å². The van der Waals surface area contributed by atoms with Crippen molar-refractivity contribution in [1.29, 1.82) is 0 Å². The highest BCUT2D eigenvalue weighted by Crippen LogP contribution is 2.20. The van der Waals surface area contributed by atoms with Gasteiger partial charge in [-0.2, -0.15) is 0 Å². The average molecular weight is 328 g/mol. The van der Waals surface area contributed by atoms with Crippen LogP contribution >= 0.6 is 12.2 Å². The molecule has 0 heterocycles. The van der Waals surface area contributed by atoms with Gasteiger partial charge in [-0.05, 0) is 48.3 Å². The smallest absolute Gasteiger partial charge is 0.171 e. The summed E-state index contributed by atoms with van der Waals surface area (Å²) >= 11 is 5.36. The molecule has 0 aromatic heterocycles. The van der Waals surface area contributed by atoms with Crippen LogP contribution in [0.15, 0.2) is 48.5 Å². The molecule has 4 heteroatoms. The summed E-state index contributed by atoms with van der Waals surface area (Å²) in [4.78, 5) is 0. The summed E-state index contributed by atoms with van der Waals surface area (Å²) in [6.07, 6.45) is 1.14. The van der Waals surface area contributed by atoms with Gasteiger partial charge >= 0.3 is 0 Å². The molecule has 0 radical (unpaired) electrons. The van der Waals surface area contributed by atoms with E-state index in [9.17, 15) is 0 Å². The summed E-state index contributed by atoms with van der Waals surface area (Å²) in [5, 5.41) is 7.03. The topological polar surface area (TPSA) is 33.3 Å². The van der Waals surface area contributed by atoms with Gasteiger partial charge in [-0.1, -0.05) is 44.2 Å². The predicted molar refractivity (Wildman–Crippen MR) is 101 cm³/mol. The third-order valence-electron chi connectivity index (χ3n) is 3.98. The molecule has 2 aromatic rings. The minimum atomic E-state index is 0.583. The summed E-state index contributed by atoms with van der Waals surface area (Å²) in [5.74, 6) is 1.44. The Balaban J connectivity index is 1.89. The van der Waals surface area contributed by atoms with Gasteiger partial charge in [0.15, 0.2) is 5.11 Å². The van der Waals surface area contributed by atoms with Gasteiger partial charge in [0, 0.05) is 17.8 Å². The van der Waals surface area contributed by atoms with Crippen LogP contribution in [0.3, 0.4) is 0 Å². The second-order valence-electron chi connectivity index (χ2n) is 5.55. The van der Waals surface area contributed by atoms with Crippen molar-refractivity contribution in [2.45, 2.75) is 32.7 Å². The van der Waals surface area contributed by atoms with Crippen LogP contribution in [0.4, 0.5) is 5.69 Å². The van der Waals surface area contributed by atoms with E-state index in [2.05, 4.69) is 48.7 Å². The molecule has 1 atom stereocenters. The third-order valence-corrected chi connectivity index (χ3v) is 4.23. The van der Waals surface area contributed by atoms with Crippen molar-refractivity contribution in [1.82, 2.24) is 5.32 Å². The van der Waals surface area contributed by atoms with Crippen LogP contribution in [0.25, 0.3) is 0 Å². The lowest BCUT2D eigenvalue weighted by atomic mass is 9.99. The molecule has 0 fully saturated rings. The second-order valence-corrected chi connectivity index (χ2v) is 5.96. The van der Waals surface area contributed by atoms with E-state index in [1.165, 1.54) is 5.56 Å². The molecule has 0 amide bonds. The Morgan fingerprint density at radius 1 is 1.13 bits per heavy atom. The maximum atomic E-state index is 5.36. The number of para-hydroxylation sites is 1. The first-order valence-corrected chi connectivity index (χ1v) is 8.31. The van der Waals surface area contributed by atoms with Crippen molar-refractivity contribution < 1.29 is 4.74 Å². The summed E-state index contributed by atoms with van der Waals surface area (Å²) in [6, 6.07) is 16.4. The fraction of sp³-hybridized carbons (Fsp3) is 0.316. The Bertz CT molecular complexity index is 640. The zero-order valence-corrected chi connectivity index (χ0v) is 14.7. The first-order valence-electron chi connectivity index (χ1n) is 7.90. The molecule has 0 aliphatic rings. The normalized spacial score (nSPS) is 11.6. The van der Waals surface area contributed by atoms with Gasteiger partial charge in [0.25, 0.3) is 0 Å². The number of rotatable bonds is 6. The molecule has 3 nitrogen and oxygen atoms in total. The van der Waals surface area contributed by atoms with E-state index in [1.807, 2.05) is 24.3 Å². The van der Waals surface area contributed by atoms with E-state index in [0.29, 0.717) is 17.6 Å². The molecule has 0 bridgehead atoms. The summed E-state index contributed by atoms with van der Waals surface area (Å²) in [5.41, 5.74) is 3.42. The quantitative estimate of drug-likeness (QED) is 0.753. The van der Waals surface area contributed by atoms with Gasteiger partial charge in [0.2, 0.25) is 0 Å². The second kappa shape index (κ2) is 8.53. The van der Waals surface area contributed by atoms with E-state index in [4.69, 9.17) is 17.0 Å². The molecule has 23 heavy (non-hydrogen) atoms. The lowest BCUT2D eigenvalue weighted by Gasteiger charge is -2.14. The maximum absolute atomic E-state index is 5.36. The van der Waals surface area contributed by atoms with Crippen molar-refractivity contribution in [3.8, 4) is 5.75 Å². The van der Waals surface area contributed by atoms with Crippen LogP contribution in [0.1, 0.15) is 37.3 Å². The van der Waals surface area contributed by atoms with Gasteiger partial charge in [0.05, 0.1) is 7.11 Å². The Labute approximate surface area is 144 Å². The molecular formula is C19H24N2OS. The SMILES string of the molecule is CC[C@@H](C)c1ccc(NC(=S)NCc2ccccc2OC)cc1. The Morgan fingerprint density at radius 3 is 2.48 bits per heavy atom. The number of benzene rings is 2. The number of anilines is 1. The van der Waals surface area contributed by atoms with Crippen LogP contribution in [0, 0.1) is 0 Å². The summed E-state index contributed by atoms with van der Waals surface area (Å²) < 4.78 is 5.34. The van der Waals surface area contributed by atoms with Crippen molar-refractivity contribution >= 4 is 23.0 Å². The molecule has 0 aliphatic heterocycles. The van der Waals surface area contributed by atoms with Crippen LogP contribution in [-0.4, -0.2) is 12.2 Å². The van der Waals surface area contributed by atoms with Crippen molar-refractivity contribution in [2.75, 3.05) is 12.4 Å². The minimum Gasteiger partial charge on any atom is -0.496 e. The largest absolute Gasteiger partial charge is 0.496 e. The monoisotopic (exact) mass is 328 g/mol. The molecule has 0 aliphatic carbocycles. The minimum absolute atomic E-state index is 0.583. The van der Waals surface area contributed by atoms with E-state index < -0.39 is 0 Å². The van der Waals surface area contributed by atoms with Crippen molar-refractivity contribution in [3.05, 3.63) is 59.7 Å². The molecule has 0 saturated heterocycles. The predicted octanol–water partition coefficient (Wildman–Crippen LogP) is 4.70. The van der Waals surface area contributed by atoms with Crippen molar-refractivity contribution in [3.63, 3.8) is 0 Å². The average Bonchev–Trinajstić information content (AvgIpc) is 2.60. The van der Waals surface area contributed by atoms with E-state index in [-0.39, 0.29) is 0 Å². The highest BCUT2D eigenvalue weighted by Gasteiger charge is 2.05. The summed E-state index contributed by atoms with van der Waals surface area (Å²) in [6.45, 7) is 5.07. The lowest BCUT2D eigenvalue weighted by molar-refractivity contribution is 0.409. The van der Waals surface area contributed by atoms with Gasteiger partial charge in [-0.25, -0.2) is 0 Å². The zero-order valence-electron chi connectivity index (χ0n) is 13.9. The molecule has 2 rings (SSSR count). The fourth-order valence-corrected chi connectivity index (χ4v) is 2.52. The number of hydrogen-bond acceptors (Lipinski definition) is 2. The molecule has 2 N–H and O–H groups in total. The molecular weight excluding hydrogens is 304 g/mol. The maximum Gasteiger partial charge on any atom is 0.171 e. The van der Waals surface area contributed by atoms with Crippen LogP contribution < -0.4 is 15.4 Å². The first-order chi connectivity index (χ1) is 11.1. The number of hydrogen-bond donors (Lipinski definition) is 2. The highest BCUT2D eigenvalue weighted by atomic mass is 32.1. The Hall–Kier alpha value is -2.07. The first kappa shape index (κ1) is 17.3. The van der Waals surface area contributed by atoms with Crippen LogP contribution in [0.5, 0.6) is 5.75 Å². The molecule has 0 spiro atoms. The molecule has 0 unspecified atom stereocenters. The number of methoxy groups -OCH3 is 1. The van der Waals surface area contributed by atoms with E-state index >= 15 is 0 Å². The number of ether oxygens (including phenoxy) is 1. The highest BCUT2D eigenvalue weighted by molar-refractivity contribution is 7.80. The van der Waals surface area contributed by atoms with Gasteiger partial charge in [0.1, 0.15) is 5.75 Å². The number of thiocarbonyl (C=S) groups is 1. The Morgan fingerprint density at radius 2 is 1.83 bits per heavy atom.